The largest absolute Gasteiger partial charge is 0.370 e. The zero-order valence-electron chi connectivity index (χ0n) is 10.6. The molecule has 1 rings (SSSR count). The zero-order valence-corrected chi connectivity index (χ0v) is 10.6. The number of amides is 1. The average Bonchev–Trinajstić information content (AvgIpc) is 2.21. The minimum Gasteiger partial charge on any atom is -0.370 e. The molecule has 19 heavy (non-hydrogen) atoms. The van der Waals surface area contributed by atoms with Crippen molar-refractivity contribution < 1.29 is 9.18 Å². The van der Waals surface area contributed by atoms with Crippen molar-refractivity contribution in [2.24, 2.45) is 27.2 Å². The Balaban J connectivity index is 3.32. The second kappa shape index (κ2) is 5.80. The van der Waals surface area contributed by atoms with Crippen LogP contribution in [0.5, 0.6) is 0 Å². The van der Waals surface area contributed by atoms with E-state index in [1.54, 1.807) is 6.92 Å². The van der Waals surface area contributed by atoms with Crippen molar-refractivity contribution in [3.8, 4) is 0 Å². The van der Waals surface area contributed by atoms with Crippen LogP contribution in [0.15, 0.2) is 22.1 Å². The van der Waals surface area contributed by atoms with E-state index >= 15 is 0 Å². The average molecular weight is 266 g/mol. The van der Waals surface area contributed by atoms with Gasteiger partial charge in [0.25, 0.3) is 0 Å². The van der Waals surface area contributed by atoms with Crippen LogP contribution in [0.2, 0.25) is 0 Å². The van der Waals surface area contributed by atoms with Gasteiger partial charge in [0.05, 0.1) is 11.4 Å². The van der Waals surface area contributed by atoms with Crippen LogP contribution in [0.3, 0.4) is 0 Å². The summed E-state index contributed by atoms with van der Waals surface area (Å²) in [6.07, 6.45) is 0. The number of aliphatic imine (C=N–C) groups is 2. The molecule has 0 spiro atoms. The Bertz CT molecular complexity index is 563. The Morgan fingerprint density at radius 3 is 2.47 bits per heavy atom. The molecule has 7 N–H and O–H groups in total. The summed E-state index contributed by atoms with van der Waals surface area (Å²) in [6.45, 7) is 2.96. The van der Waals surface area contributed by atoms with Gasteiger partial charge in [0.15, 0.2) is 5.96 Å². The van der Waals surface area contributed by atoms with Gasteiger partial charge in [0, 0.05) is 13.0 Å². The molecule has 0 fully saturated rings. The predicted molar refractivity (Wildman–Crippen MR) is 72.5 cm³/mol. The van der Waals surface area contributed by atoms with Crippen LogP contribution in [0.25, 0.3) is 0 Å². The molecule has 0 aliphatic rings. The van der Waals surface area contributed by atoms with Gasteiger partial charge in [0.2, 0.25) is 11.9 Å². The third kappa shape index (κ3) is 4.26. The van der Waals surface area contributed by atoms with Crippen LogP contribution >= 0.6 is 0 Å². The smallest absolute Gasteiger partial charge is 0.223 e. The molecule has 1 aromatic carbocycles. The standard InChI is InChI=1S/C11H15FN6O/c1-5-3-7(12)4-8(9(5)16-6(2)19)17-11(15)18-10(13)14/h3-4H,1-2H3,(H,16,19)(H6,13,14,15,17,18). The fourth-order valence-electron chi connectivity index (χ4n) is 1.43. The molecule has 8 heteroatoms. The number of carbonyl (C=O) groups excluding carboxylic acids is 1. The second-order valence-electron chi connectivity index (χ2n) is 3.80. The van der Waals surface area contributed by atoms with E-state index in [1.165, 1.54) is 13.0 Å². The van der Waals surface area contributed by atoms with E-state index in [2.05, 4.69) is 15.3 Å². The highest BCUT2D eigenvalue weighted by atomic mass is 19.1. The lowest BCUT2D eigenvalue weighted by molar-refractivity contribution is -0.114. The number of hydrogen-bond acceptors (Lipinski definition) is 2. The number of rotatable bonds is 2. The van der Waals surface area contributed by atoms with Crippen molar-refractivity contribution in [1.29, 1.82) is 0 Å². The first-order valence-corrected chi connectivity index (χ1v) is 5.31. The highest BCUT2D eigenvalue weighted by molar-refractivity contribution is 5.97. The summed E-state index contributed by atoms with van der Waals surface area (Å²) in [6, 6.07) is 2.38. The van der Waals surface area contributed by atoms with Gasteiger partial charge in [-0.2, -0.15) is 4.99 Å². The topological polar surface area (TPSA) is 132 Å². The lowest BCUT2D eigenvalue weighted by Crippen LogP contribution is -2.26. The maximum Gasteiger partial charge on any atom is 0.223 e. The number of nitrogens with zero attached hydrogens (tertiary/aromatic N) is 2. The van der Waals surface area contributed by atoms with Crippen molar-refractivity contribution in [3.63, 3.8) is 0 Å². The van der Waals surface area contributed by atoms with Gasteiger partial charge in [-0.15, -0.1) is 0 Å². The number of halogens is 1. The Morgan fingerprint density at radius 1 is 1.32 bits per heavy atom. The van der Waals surface area contributed by atoms with Crippen molar-refractivity contribution in [2.45, 2.75) is 13.8 Å². The molecule has 0 aliphatic carbocycles. The number of nitrogens with two attached hydrogens (primary N) is 3. The molecule has 0 saturated carbocycles. The van der Waals surface area contributed by atoms with Gasteiger partial charge >= 0.3 is 0 Å². The van der Waals surface area contributed by atoms with Crippen molar-refractivity contribution >= 4 is 29.2 Å². The Kier molecular flexibility index (Phi) is 4.41. The number of anilines is 1. The molecular weight excluding hydrogens is 251 g/mol. The van der Waals surface area contributed by atoms with E-state index in [0.29, 0.717) is 11.3 Å². The highest BCUT2D eigenvalue weighted by Crippen LogP contribution is 2.30. The first kappa shape index (κ1) is 14.4. The minimum atomic E-state index is -0.511. The predicted octanol–water partition coefficient (Wildman–Crippen LogP) is 0.312. The second-order valence-corrected chi connectivity index (χ2v) is 3.80. The van der Waals surface area contributed by atoms with Gasteiger partial charge in [-0.05, 0) is 18.6 Å². The molecule has 0 aromatic heterocycles. The quantitative estimate of drug-likeness (QED) is 0.453. The van der Waals surface area contributed by atoms with Crippen molar-refractivity contribution in [3.05, 3.63) is 23.5 Å². The summed E-state index contributed by atoms with van der Waals surface area (Å²) in [7, 11) is 0. The molecule has 0 bridgehead atoms. The van der Waals surface area contributed by atoms with Crippen LogP contribution in [0.4, 0.5) is 15.8 Å². The molecule has 1 aromatic rings. The lowest BCUT2D eigenvalue weighted by atomic mass is 10.1. The van der Waals surface area contributed by atoms with E-state index in [1.807, 2.05) is 0 Å². The van der Waals surface area contributed by atoms with Gasteiger partial charge in [0.1, 0.15) is 5.82 Å². The van der Waals surface area contributed by atoms with Crippen LogP contribution < -0.4 is 22.5 Å². The molecule has 0 unspecified atom stereocenters. The summed E-state index contributed by atoms with van der Waals surface area (Å²) >= 11 is 0. The van der Waals surface area contributed by atoms with Gasteiger partial charge in [-0.1, -0.05) is 0 Å². The van der Waals surface area contributed by atoms with Crippen molar-refractivity contribution in [1.82, 2.24) is 0 Å². The summed E-state index contributed by atoms with van der Waals surface area (Å²) < 4.78 is 13.4. The molecule has 0 radical (unpaired) electrons. The molecule has 0 atom stereocenters. The van der Waals surface area contributed by atoms with Gasteiger partial charge in [-0.25, -0.2) is 9.38 Å². The van der Waals surface area contributed by atoms with E-state index in [-0.39, 0.29) is 23.5 Å². The third-order valence-electron chi connectivity index (χ3n) is 2.06. The Hall–Kier alpha value is -2.64. The number of aryl methyl sites for hydroxylation is 1. The number of benzene rings is 1. The van der Waals surface area contributed by atoms with Crippen LogP contribution in [-0.2, 0) is 4.79 Å². The molecule has 1 amide bonds. The fraction of sp³-hybridized carbons (Fsp3) is 0.182. The highest BCUT2D eigenvalue weighted by Gasteiger charge is 2.10. The van der Waals surface area contributed by atoms with E-state index in [4.69, 9.17) is 17.2 Å². The van der Waals surface area contributed by atoms with Crippen LogP contribution in [0.1, 0.15) is 12.5 Å². The lowest BCUT2D eigenvalue weighted by Gasteiger charge is -2.10. The summed E-state index contributed by atoms with van der Waals surface area (Å²) in [5.74, 6) is -1.33. The maximum atomic E-state index is 13.4. The first-order valence-electron chi connectivity index (χ1n) is 5.31. The van der Waals surface area contributed by atoms with E-state index in [9.17, 15) is 9.18 Å². The Morgan fingerprint density at radius 2 is 1.95 bits per heavy atom. The number of guanidine groups is 2. The normalized spacial score (nSPS) is 11.0. The van der Waals surface area contributed by atoms with Crippen molar-refractivity contribution in [2.75, 3.05) is 5.32 Å². The molecule has 0 saturated heterocycles. The fourth-order valence-corrected chi connectivity index (χ4v) is 1.43. The SMILES string of the molecule is CC(=O)Nc1c(C)cc(F)cc1N=C(N)N=C(N)N. The van der Waals surface area contributed by atoms with E-state index < -0.39 is 5.82 Å². The summed E-state index contributed by atoms with van der Waals surface area (Å²) in [4.78, 5) is 18.5. The van der Waals surface area contributed by atoms with Gasteiger partial charge < -0.3 is 22.5 Å². The first-order chi connectivity index (χ1) is 8.79. The zero-order chi connectivity index (χ0) is 14.6. The molecule has 0 heterocycles. The number of hydrogen-bond donors (Lipinski definition) is 4. The van der Waals surface area contributed by atoms with Crippen LogP contribution in [-0.4, -0.2) is 17.8 Å². The minimum absolute atomic E-state index is 0.134. The number of carbonyl (C=O) groups is 1. The molecule has 0 aliphatic heterocycles. The third-order valence-corrected chi connectivity index (χ3v) is 2.06. The summed E-state index contributed by atoms with van der Waals surface area (Å²) in [5.41, 5.74) is 16.8. The summed E-state index contributed by atoms with van der Waals surface area (Å²) in [5, 5.41) is 2.55. The van der Waals surface area contributed by atoms with E-state index in [0.717, 1.165) is 6.07 Å². The maximum absolute atomic E-state index is 13.4. The number of nitrogens with one attached hydrogen (secondary N) is 1. The Labute approximate surface area is 109 Å². The molecule has 7 nitrogen and oxygen atoms in total. The monoisotopic (exact) mass is 266 g/mol. The van der Waals surface area contributed by atoms with Crippen LogP contribution in [0, 0.1) is 12.7 Å². The molecular formula is C11H15FN6O. The molecule has 102 valence electrons. The van der Waals surface area contributed by atoms with Gasteiger partial charge in [-0.3, -0.25) is 4.79 Å².